The lowest BCUT2D eigenvalue weighted by Gasteiger charge is -2.28. The van der Waals surface area contributed by atoms with Gasteiger partial charge in [0.1, 0.15) is 5.56 Å². The first kappa shape index (κ1) is 20.7. The Morgan fingerprint density at radius 2 is 1.68 bits per heavy atom. The number of nitrogens with one attached hydrogen (secondary N) is 1. The number of nitrogens with zero attached hydrogens (tertiary/aromatic N) is 2. The fourth-order valence-corrected chi connectivity index (χ4v) is 5.02. The second-order valence-electron chi connectivity index (χ2n) is 7.11. The number of hydrogen-bond donors (Lipinski definition) is 1. The van der Waals surface area contributed by atoms with Crippen molar-refractivity contribution in [3.05, 3.63) is 99.6 Å². The summed E-state index contributed by atoms with van der Waals surface area (Å²) in [6.07, 6.45) is 0.555. The van der Waals surface area contributed by atoms with Crippen LogP contribution in [0.1, 0.15) is 21.5 Å². The third-order valence-electron chi connectivity index (χ3n) is 5.17. The molecule has 9 heteroatoms. The lowest BCUT2D eigenvalue weighted by Crippen LogP contribution is -2.36. The molecule has 0 aromatic heterocycles. The largest absolute Gasteiger partial charge is 0.322 e. The van der Waals surface area contributed by atoms with Gasteiger partial charge >= 0.3 is 0 Å². The van der Waals surface area contributed by atoms with Crippen molar-refractivity contribution in [3.63, 3.8) is 0 Å². The first-order chi connectivity index (χ1) is 14.9. The van der Waals surface area contributed by atoms with Crippen LogP contribution in [0.2, 0.25) is 0 Å². The Hall–Kier alpha value is -3.56. The molecule has 1 amide bonds. The van der Waals surface area contributed by atoms with Crippen molar-refractivity contribution >= 4 is 27.3 Å². The second kappa shape index (κ2) is 8.29. The highest BCUT2D eigenvalue weighted by Gasteiger charge is 2.28. The number of amides is 1. The zero-order valence-corrected chi connectivity index (χ0v) is 17.2. The van der Waals surface area contributed by atoms with Gasteiger partial charge in [-0.15, -0.1) is 0 Å². The minimum atomic E-state index is -3.63. The van der Waals surface area contributed by atoms with E-state index in [-0.39, 0.29) is 22.7 Å². The van der Waals surface area contributed by atoms with Crippen molar-refractivity contribution < 1.29 is 18.1 Å². The number of benzene rings is 3. The molecule has 1 aliphatic heterocycles. The van der Waals surface area contributed by atoms with Crippen LogP contribution in [0, 0.1) is 10.1 Å². The van der Waals surface area contributed by atoms with E-state index in [2.05, 4.69) is 5.32 Å². The number of nitro groups is 1. The van der Waals surface area contributed by atoms with Gasteiger partial charge in [0.2, 0.25) is 10.0 Å². The molecule has 1 aliphatic rings. The molecule has 0 spiro atoms. The topological polar surface area (TPSA) is 110 Å². The molecule has 0 atom stereocenters. The molecule has 0 saturated heterocycles. The number of hydrogen-bond acceptors (Lipinski definition) is 5. The summed E-state index contributed by atoms with van der Waals surface area (Å²) >= 11 is 0. The van der Waals surface area contributed by atoms with Gasteiger partial charge in [-0.25, -0.2) is 8.42 Å². The normalized spacial score (nSPS) is 13.9. The molecular weight excluding hydrogens is 418 g/mol. The molecule has 0 saturated carbocycles. The Morgan fingerprint density at radius 1 is 0.968 bits per heavy atom. The maximum absolute atomic E-state index is 12.9. The van der Waals surface area contributed by atoms with Gasteiger partial charge in [0.15, 0.2) is 0 Å². The first-order valence-electron chi connectivity index (χ1n) is 9.58. The molecular formula is C22H19N3O5S. The van der Waals surface area contributed by atoms with Gasteiger partial charge in [0.05, 0.1) is 9.82 Å². The standard InChI is InChI=1S/C22H19N3O5S/c26-22(20-8-4-5-9-21(20)25(27)28)23-18-11-10-16-12-13-24(15-17(16)14-18)31(29,30)19-6-2-1-3-7-19/h1-11,14H,12-13,15H2,(H,23,26). The van der Waals surface area contributed by atoms with Crippen molar-refractivity contribution in [3.8, 4) is 0 Å². The summed E-state index contributed by atoms with van der Waals surface area (Å²) in [7, 11) is -3.63. The molecule has 0 unspecified atom stereocenters. The summed E-state index contributed by atoms with van der Waals surface area (Å²) in [5, 5.41) is 13.9. The molecule has 3 aromatic carbocycles. The summed E-state index contributed by atoms with van der Waals surface area (Å²) in [6, 6.07) is 19.2. The van der Waals surface area contributed by atoms with Gasteiger partial charge < -0.3 is 5.32 Å². The van der Waals surface area contributed by atoms with Gasteiger partial charge in [-0.1, -0.05) is 36.4 Å². The van der Waals surface area contributed by atoms with E-state index in [1.165, 1.54) is 22.5 Å². The molecule has 158 valence electrons. The van der Waals surface area contributed by atoms with E-state index < -0.39 is 20.9 Å². The van der Waals surface area contributed by atoms with E-state index in [1.54, 1.807) is 48.5 Å². The van der Waals surface area contributed by atoms with Crippen LogP contribution in [0.15, 0.2) is 77.7 Å². The van der Waals surface area contributed by atoms with Gasteiger partial charge in [-0.2, -0.15) is 4.31 Å². The zero-order chi connectivity index (χ0) is 22.0. The van der Waals surface area contributed by atoms with Crippen LogP contribution < -0.4 is 5.32 Å². The number of anilines is 1. The Kier molecular flexibility index (Phi) is 5.53. The first-order valence-corrected chi connectivity index (χ1v) is 11.0. The Morgan fingerprint density at radius 3 is 2.42 bits per heavy atom. The fraction of sp³-hybridized carbons (Fsp3) is 0.136. The number of sulfonamides is 1. The van der Waals surface area contributed by atoms with Crippen molar-refractivity contribution in [1.29, 1.82) is 0 Å². The number of nitro benzene ring substituents is 1. The van der Waals surface area contributed by atoms with Crippen LogP contribution in [0.4, 0.5) is 11.4 Å². The van der Waals surface area contributed by atoms with Crippen LogP contribution >= 0.6 is 0 Å². The molecule has 0 bridgehead atoms. The maximum Gasteiger partial charge on any atom is 0.282 e. The van der Waals surface area contributed by atoms with Gasteiger partial charge in [0, 0.05) is 24.8 Å². The van der Waals surface area contributed by atoms with E-state index in [0.29, 0.717) is 18.7 Å². The Labute approximate surface area is 179 Å². The van der Waals surface area contributed by atoms with E-state index >= 15 is 0 Å². The van der Waals surface area contributed by atoms with Gasteiger partial charge in [-0.3, -0.25) is 14.9 Å². The third kappa shape index (κ3) is 4.18. The van der Waals surface area contributed by atoms with Crippen LogP contribution in [0.5, 0.6) is 0 Å². The second-order valence-corrected chi connectivity index (χ2v) is 9.05. The summed E-state index contributed by atoms with van der Waals surface area (Å²) in [4.78, 5) is 23.4. The Balaban J connectivity index is 1.57. The monoisotopic (exact) mass is 437 g/mol. The summed E-state index contributed by atoms with van der Waals surface area (Å²) in [6.45, 7) is 0.550. The van der Waals surface area contributed by atoms with Crippen molar-refractivity contribution in [2.75, 3.05) is 11.9 Å². The Bertz CT molecular complexity index is 1260. The number of carbonyl (C=O) groups is 1. The van der Waals surface area contributed by atoms with Crippen LogP contribution in [-0.2, 0) is 23.0 Å². The maximum atomic E-state index is 12.9. The summed E-state index contributed by atoms with van der Waals surface area (Å²) in [5.41, 5.74) is 1.91. The smallest absolute Gasteiger partial charge is 0.282 e. The quantitative estimate of drug-likeness (QED) is 0.485. The molecule has 0 aliphatic carbocycles. The number of fused-ring (bicyclic) bond motifs is 1. The molecule has 1 heterocycles. The van der Waals surface area contributed by atoms with Gasteiger partial charge in [0.25, 0.3) is 11.6 Å². The highest BCUT2D eigenvalue weighted by molar-refractivity contribution is 7.89. The highest BCUT2D eigenvalue weighted by Crippen LogP contribution is 2.27. The van der Waals surface area contributed by atoms with Crippen LogP contribution in [-0.4, -0.2) is 30.1 Å². The molecule has 3 aromatic rings. The lowest BCUT2D eigenvalue weighted by atomic mass is 10.0. The minimum Gasteiger partial charge on any atom is -0.322 e. The lowest BCUT2D eigenvalue weighted by molar-refractivity contribution is -0.385. The molecule has 4 rings (SSSR count). The predicted molar refractivity (Wildman–Crippen MR) is 115 cm³/mol. The molecule has 8 nitrogen and oxygen atoms in total. The molecule has 0 radical (unpaired) electrons. The van der Waals surface area contributed by atoms with E-state index in [9.17, 15) is 23.3 Å². The number of para-hydroxylation sites is 1. The number of rotatable bonds is 5. The molecule has 0 fully saturated rings. The van der Waals surface area contributed by atoms with Crippen LogP contribution in [0.25, 0.3) is 0 Å². The van der Waals surface area contributed by atoms with E-state index in [1.807, 2.05) is 6.07 Å². The fourth-order valence-electron chi connectivity index (χ4n) is 3.58. The molecule has 31 heavy (non-hydrogen) atoms. The van der Waals surface area contributed by atoms with E-state index in [0.717, 1.165) is 11.1 Å². The van der Waals surface area contributed by atoms with Crippen molar-refractivity contribution in [2.24, 2.45) is 0 Å². The third-order valence-corrected chi connectivity index (χ3v) is 7.03. The van der Waals surface area contributed by atoms with Crippen molar-refractivity contribution in [2.45, 2.75) is 17.9 Å². The minimum absolute atomic E-state index is 0.0431. The SMILES string of the molecule is O=C(Nc1ccc2c(c1)CN(S(=O)(=O)c1ccccc1)CC2)c1ccccc1[N+](=O)[O-]. The summed E-state index contributed by atoms with van der Waals surface area (Å²) < 4.78 is 27.3. The average Bonchev–Trinajstić information content (AvgIpc) is 2.79. The van der Waals surface area contributed by atoms with E-state index in [4.69, 9.17) is 0 Å². The highest BCUT2D eigenvalue weighted by atomic mass is 32.2. The molecule has 1 N–H and O–H groups in total. The van der Waals surface area contributed by atoms with Gasteiger partial charge in [-0.05, 0) is 47.9 Å². The average molecular weight is 437 g/mol. The number of carbonyl (C=O) groups excluding carboxylic acids is 1. The van der Waals surface area contributed by atoms with Crippen LogP contribution in [0.3, 0.4) is 0 Å². The summed E-state index contributed by atoms with van der Waals surface area (Å²) in [5.74, 6) is -0.600. The van der Waals surface area contributed by atoms with Crippen molar-refractivity contribution in [1.82, 2.24) is 4.31 Å². The predicted octanol–water partition coefficient (Wildman–Crippen LogP) is 3.59. The zero-order valence-electron chi connectivity index (χ0n) is 16.4.